The van der Waals surface area contributed by atoms with Gasteiger partial charge in [0.2, 0.25) is 0 Å². The maximum atomic E-state index is 5.12. The van der Waals surface area contributed by atoms with Crippen LogP contribution in [0.3, 0.4) is 0 Å². The van der Waals surface area contributed by atoms with Crippen molar-refractivity contribution in [1.29, 1.82) is 0 Å². The molecule has 1 unspecified atom stereocenters. The van der Waals surface area contributed by atoms with Crippen LogP contribution < -0.4 is 16.0 Å². The van der Waals surface area contributed by atoms with Crippen LogP contribution in [0.25, 0.3) is 16.8 Å². The van der Waals surface area contributed by atoms with Crippen LogP contribution in [0.2, 0.25) is 0 Å². The average Bonchev–Trinajstić information content (AvgIpc) is 3.60. The molecule has 0 radical (unpaired) electrons. The van der Waals surface area contributed by atoms with Crippen LogP contribution in [0.4, 0.5) is 10.8 Å². The Morgan fingerprint density at radius 2 is 1.97 bits per heavy atom. The predicted octanol–water partition coefficient (Wildman–Crippen LogP) is 3.87. The minimum absolute atomic E-state index is 0.412. The van der Waals surface area contributed by atoms with Crippen LogP contribution >= 0.6 is 11.5 Å². The third-order valence-electron chi connectivity index (χ3n) is 6.89. The Morgan fingerprint density at radius 3 is 2.76 bits per heavy atom. The smallest absolute Gasteiger partial charge is 0.165 e. The number of piperidine rings is 2. The lowest BCUT2D eigenvalue weighted by Gasteiger charge is -2.23. The summed E-state index contributed by atoms with van der Waals surface area (Å²) in [4.78, 5) is 5.12. The van der Waals surface area contributed by atoms with E-state index in [0.717, 1.165) is 78.7 Å². The third-order valence-corrected chi connectivity index (χ3v) is 7.61. The van der Waals surface area contributed by atoms with Crippen molar-refractivity contribution in [3.8, 4) is 11.1 Å². The lowest BCUT2D eigenvalue weighted by Crippen LogP contribution is -2.29. The molecule has 33 heavy (non-hydrogen) atoms. The summed E-state index contributed by atoms with van der Waals surface area (Å²) in [6.07, 6.45) is 10.8. The fourth-order valence-corrected chi connectivity index (χ4v) is 5.76. The van der Waals surface area contributed by atoms with Gasteiger partial charge in [-0.1, -0.05) is 0 Å². The molecule has 2 saturated heterocycles. The first-order valence-corrected chi connectivity index (χ1v) is 12.7. The highest BCUT2D eigenvalue weighted by Gasteiger charge is 2.22. The molecular weight excluding hydrogens is 432 g/mol. The fraction of sp³-hybridized carbons (Fsp3) is 0.458. The number of fused-ring (bicyclic) bond motifs is 1. The number of anilines is 2. The van der Waals surface area contributed by atoms with Crippen LogP contribution in [-0.2, 0) is 7.05 Å². The molecule has 8 nitrogen and oxygen atoms in total. The molecule has 2 aliphatic heterocycles. The number of aromatic nitrogens is 5. The Kier molecular flexibility index (Phi) is 5.61. The van der Waals surface area contributed by atoms with Crippen molar-refractivity contribution in [3.63, 3.8) is 0 Å². The molecule has 3 N–H and O–H groups in total. The summed E-state index contributed by atoms with van der Waals surface area (Å²) >= 11 is 1.54. The highest BCUT2D eigenvalue weighted by molar-refractivity contribution is 7.10. The predicted molar refractivity (Wildman–Crippen MR) is 132 cm³/mol. The summed E-state index contributed by atoms with van der Waals surface area (Å²) in [7, 11) is 2.04. The molecular formula is C24H30N8S. The van der Waals surface area contributed by atoms with Gasteiger partial charge in [0.15, 0.2) is 5.65 Å². The van der Waals surface area contributed by atoms with Crippen molar-refractivity contribution in [2.24, 2.45) is 7.05 Å². The summed E-state index contributed by atoms with van der Waals surface area (Å²) in [5.41, 5.74) is 5.42. The van der Waals surface area contributed by atoms with Gasteiger partial charge in [-0.05, 0) is 69.0 Å². The van der Waals surface area contributed by atoms with Crippen LogP contribution in [0.15, 0.2) is 36.8 Å². The van der Waals surface area contributed by atoms with Gasteiger partial charge in [-0.25, -0.2) is 4.98 Å². The maximum absolute atomic E-state index is 5.12. The molecule has 4 aromatic heterocycles. The number of rotatable bonds is 5. The zero-order valence-electron chi connectivity index (χ0n) is 18.9. The molecule has 0 bridgehead atoms. The minimum Gasteiger partial charge on any atom is -0.357 e. The second kappa shape index (κ2) is 8.89. The standard InChI is InChI=1S/C24H30N8S/c1-31-10-6-18(15-31)19-14-27-32-22(11-20(28-24(19)32)17-3-2-7-26-13-17)29-23-12-21(30-33-23)16-4-8-25-9-5-16/h6,10-12,14-17,25-26,29H,2-5,7-9,13H2,1H3. The molecule has 0 amide bonds. The Bertz CT molecular complexity index is 1240. The van der Waals surface area contributed by atoms with Crippen molar-refractivity contribution in [2.75, 3.05) is 31.5 Å². The highest BCUT2D eigenvalue weighted by Crippen LogP contribution is 2.33. The quantitative estimate of drug-likeness (QED) is 0.418. The Hall–Kier alpha value is -2.75. The van der Waals surface area contributed by atoms with E-state index in [1.54, 1.807) is 0 Å². The zero-order chi connectivity index (χ0) is 22.2. The van der Waals surface area contributed by atoms with Gasteiger partial charge in [0.05, 0.1) is 17.6 Å². The molecule has 6 rings (SSSR count). The first-order chi connectivity index (χ1) is 16.2. The van der Waals surface area contributed by atoms with E-state index >= 15 is 0 Å². The molecule has 6 heterocycles. The number of aryl methyl sites for hydroxylation is 1. The van der Waals surface area contributed by atoms with Crippen LogP contribution in [0.1, 0.15) is 48.9 Å². The van der Waals surface area contributed by atoms with Gasteiger partial charge in [-0.3, -0.25) is 0 Å². The molecule has 1 atom stereocenters. The van der Waals surface area contributed by atoms with Crippen molar-refractivity contribution < 1.29 is 0 Å². The van der Waals surface area contributed by atoms with E-state index in [1.807, 2.05) is 17.8 Å². The Labute approximate surface area is 197 Å². The van der Waals surface area contributed by atoms with Crippen LogP contribution in [0.5, 0.6) is 0 Å². The molecule has 2 aliphatic rings. The topological polar surface area (TPSA) is 84.1 Å². The second-order valence-electron chi connectivity index (χ2n) is 9.23. The van der Waals surface area contributed by atoms with Crippen molar-refractivity contribution in [2.45, 2.75) is 37.5 Å². The molecule has 2 fully saturated rings. The number of nitrogens with one attached hydrogen (secondary N) is 3. The van der Waals surface area contributed by atoms with Gasteiger partial charge in [-0.15, -0.1) is 0 Å². The molecule has 0 spiro atoms. The van der Waals surface area contributed by atoms with E-state index in [4.69, 9.17) is 14.5 Å². The second-order valence-corrected chi connectivity index (χ2v) is 10.0. The largest absolute Gasteiger partial charge is 0.357 e. The number of nitrogens with zero attached hydrogens (tertiary/aromatic N) is 5. The monoisotopic (exact) mass is 462 g/mol. The van der Waals surface area contributed by atoms with Gasteiger partial charge >= 0.3 is 0 Å². The molecule has 0 aromatic carbocycles. The molecule has 4 aromatic rings. The molecule has 0 saturated carbocycles. The first-order valence-electron chi connectivity index (χ1n) is 11.9. The van der Waals surface area contributed by atoms with E-state index < -0.39 is 0 Å². The molecule has 0 aliphatic carbocycles. The highest BCUT2D eigenvalue weighted by atomic mass is 32.1. The molecule has 172 valence electrons. The van der Waals surface area contributed by atoms with E-state index in [0.29, 0.717) is 11.8 Å². The minimum atomic E-state index is 0.412. The zero-order valence-corrected chi connectivity index (χ0v) is 19.7. The van der Waals surface area contributed by atoms with Crippen molar-refractivity contribution in [1.82, 2.24) is 34.2 Å². The summed E-state index contributed by atoms with van der Waals surface area (Å²) in [6, 6.07) is 6.52. The lowest BCUT2D eigenvalue weighted by atomic mass is 9.95. The van der Waals surface area contributed by atoms with Gasteiger partial charge in [0, 0.05) is 55.0 Å². The third kappa shape index (κ3) is 4.16. The summed E-state index contributed by atoms with van der Waals surface area (Å²) in [5.74, 6) is 1.91. The van der Waals surface area contributed by atoms with Crippen LogP contribution in [-0.4, -0.2) is 49.7 Å². The maximum Gasteiger partial charge on any atom is 0.165 e. The first kappa shape index (κ1) is 20.8. The summed E-state index contributed by atoms with van der Waals surface area (Å²) in [6.45, 7) is 4.21. The normalized spacial score (nSPS) is 19.8. The summed E-state index contributed by atoms with van der Waals surface area (Å²) < 4.78 is 8.78. The number of hydrogen-bond donors (Lipinski definition) is 3. The fourth-order valence-electron chi connectivity index (χ4n) is 5.03. The SMILES string of the molecule is Cn1ccc(-c2cnn3c(Nc4cc(C5CCNCC5)ns4)cc(C4CCCNC4)nc23)c1. The van der Waals surface area contributed by atoms with Crippen molar-refractivity contribution >= 4 is 28.0 Å². The van der Waals surface area contributed by atoms with Gasteiger partial charge in [0.25, 0.3) is 0 Å². The van der Waals surface area contributed by atoms with Gasteiger partial charge < -0.3 is 20.5 Å². The number of hydrogen-bond acceptors (Lipinski definition) is 7. The van der Waals surface area contributed by atoms with Crippen LogP contribution in [0, 0.1) is 0 Å². The van der Waals surface area contributed by atoms with E-state index in [1.165, 1.54) is 23.6 Å². The van der Waals surface area contributed by atoms with Crippen molar-refractivity contribution in [3.05, 3.63) is 48.2 Å². The molecule has 9 heteroatoms. The van der Waals surface area contributed by atoms with E-state index in [9.17, 15) is 0 Å². The van der Waals surface area contributed by atoms with Gasteiger partial charge in [0.1, 0.15) is 10.8 Å². The lowest BCUT2D eigenvalue weighted by molar-refractivity contribution is 0.455. The average molecular weight is 463 g/mol. The Morgan fingerprint density at radius 1 is 1.06 bits per heavy atom. The van der Waals surface area contributed by atoms with E-state index in [2.05, 4.69) is 51.1 Å². The van der Waals surface area contributed by atoms with E-state index in [-0.39, 0.29) is 0 Å². The van der Waals surface area contributed by atoms with Gasteiger partial charge in [-0.2, -0.15) is 14.0 Å². The Balaban J connectivity index is 1.38. The summed E-state index contributed by atoms with van der Waals surface area (Å²) in [5, 5.41) is 16.4.